The SMILES string of the molecule is O=C(CCn1ccc2ccccc21)NCCN=Cc1ccc(Cl)c(C(F)(F)F)c1. The molecular weight excluding hydrogens is 403 g/mol. The molecule has 1 aromatic heterocycles. The number of benzene rings is 2. The number of hydrogen-bond acceptors (Lipinski definition) is 2. The van der Waals surface area contributed by atoms with Crippen molar-refractivity contribution >= 4 is 34.6 Å². The topological polar surface area (TPSA) is 46.4 Å². The second kappa shape index (κ2) is 9.13. The van der Waals surface area contributed by atoms with Gasteiger partial charge in [0, 0.05) is 37.4 Å². The van der Waals surface area contributed by atoms with E-state index in [1.807, 2.05) is 41.1 Å². The van der Waals surface area contributed by atoms with Gasteiger partial charge in [-0.2, -0.15) is 13.2 Å². The Kier molecular flexibility index (Phi) is 6.59. The molecule has 152 valence electrons. The molecule has 0 aliphatic rings. The number of aliphatic imine (C=N–C) groups is 1. The molecule has 0 atom stereocenters. The number of nitrogens with zero attached hydrogens (tertiary/aromatic N) is 2. The van der Waals surface area contributed by atoms with Crippen molar-refractivity contribution in [1.82, 2.24) is 9.88 Å². The predicted molar refractivity (Wildman–Crippen MR) is 108 cm³/mol. The standard InChI is InChI=1S/C21H19ClF3N3O/c22-18-6-5-15(13-17(18)21(23,24)25)14-26-9-10-27-20(29)8-12-28-11-7-16-3-1-2-4-19(16)28/h1-7,11,13-14H,8-10,12H2,(H,27,29). The number of alkyl halides is 3. The van der Waals surface area contributed by atoms with Crippen molar-refractivity contribution in [3.05, 3.63) is 70.9 Å². The van der Waals surface area contributed by atoms with E-state index in [1.54, 1.807) is 0 Å². The third kappa shape index (κ3) is 5.60. The van der Waals surface area contributed by atoms with Crippen molar-refractivity contribution in [2.75, 3.05) is 13.1 Å². The van der Waals surface area contributed by atoms with Crippen LogP contribution in [0.2, 0.25) is 5.02 Å². The number of para-hydroxylation sites is 1. The molecule has 3 rings (SSSR count). The third-order valence-corrected chi connectivity index (χ3v) is 4.69. The first-order valence-electron chi connectivity index (χ1n) is 9.02. The van der Waals surface area contributed by atoms with Gasteiger partial charge in [0.15, 0.2) is 0 Å². The van der Waals surface area contributed by atoms with Gasteiger partial charge in [0.2, 0.25) is 5.91 Å². The van der Waals surface area contributed by atoms with Gasteiger partial charge in [-0.1, -0.05) is 35.9 Å². The number of carbonyl (C=O) groups is 1. The number of carbonyl (C=O) groups excluding carboxylic acids is 1. The highest BCUT2D eigenvalue weighted by Gasteiger charge is 2.33. The first-order chi connectivity index (χ1) is 13.8. The normalized spacial score (nSPS) is 12.0. The zero-order valence-electron chi connectivity index (χ0n) is 15.4. The van der Waals surface area contributed by atoms with Gasteiger partial charge >= 0.3 is 6.18 Å². The zero-order chi connectivity index (χ0) is 20.9. The second-order valence-electron chi connectivity index (χ2n) is 6.44. The van der Waals surface area contributed by atoms with Crippen molar-refractivity contribution in [2.45, 2.75) is 19.1 Å². The lowest BCUT2D eigenvalue weighted by molar-refractivity contribution is -0.137. The molecule has 1 heterocycles. The van der Waals surface area contributed by atoms with E-state index in [9.17, 15) is 18.0 Å². The number of hydrogen-bond donors (Lipinski definition) is 1. The molecule has 3 aromatic rings. The summed E-state index contributed by atoms with van der Waals surface area (Å²) in [6.07, 6.45) is -0.901. The number of aromatic nitrogens is 1. The molecule has 4 nitrogen and oxygen atoms in total. The maximum absolute atomic E-state index is 12.8. The highest BCUT2D eigenvalue weighted by Crippen LogP contribution is 2.34. The van der Waals surface area contributed by atoms with E-state index in [0.717, 1.165) is 17.0 Å². The van der Waals surface area contributed by atoms with Gasteiger partial charge in [-0.15, -0.1) is 0 Å². The summed E-state index contributed by atoms with van der Waals surface area (Å²) >= 11 is 5.58. The summed E-state index contributed by atoms with van der Waals surface area (Å²) < 4.78 is 40.5. The van der Waals surface area contributed by atoms with Crippen molar-refractivity contribution in [1.29, 1.82) is 0 Å². The van der Waals surface area contributed by atoms with Crippen LogP contribution < -0.4 is 5.32 Å². The monoisotopic (exact) mass is 421 g/mol. The molecule has 0 saturated heterocycles. The summed E-state index contributed by atoms with van der Waals surface area (Å²) in [7, 11) is 0. The molecule has 0 saturated carbocycles. The number of fused-ring (bicyclic) bond motifs is 1. The van der Waals surface area contributed by atoms with E-state index >= 15 is 0 Å². The first-order valence-corrected chi connectivity index (χ1v) is 9.39. The Labute approximate surface area is 171 Å². The van der Waals surface area contributed by atoms with E-state index < -0.39 is 11.7 Å². The smallest absolute Gasteiger partial charge is 0.354 e. The minimum atomic E-state index is -4.51. The van der Waals surface area contributed by atoms with E-state index in [-0.39, 0.29) is 17.5 Å². The fourth-order valence-corrected chi connectivity index (χ4v) is 3.14. The van der Waals surface area contributed by atoms with Crippen LogP contribution in [0, 0.1) is 0 Å². The van der Waals surface area contributed by atoms with E-state index in [2.05, 4.69) is 10.3 Å². The van der Waals surface area contributed by atoms with Crippen LogP contribution in [-0.4, -0.2) is 29.8 Å². The van der Waals surface area contributed by atoms with E-state index in [0.29, 0.717) is 25.1 Å². The molecule has 0 radical (unpaired) electrons. The van der Waals surface area contributed by atoms with Crippen LogP contribution in [0.3, 0.4) is 0 Å². The summed E-state index contributed by atoms with van der Waals surface area (Å²) in [5.41, 5.74) is 0.479. The molecule has 1 N–H and O–H groups in total. The van der Waals surface area contributed by atoms with Crippen LogP contribution in [0.15, 0.2) is 59.7 Å². The van der Waals surface area contributed by atoms with Gasteiger partial charge in [0.25, 0.3) is 0 Å². The fourth-order valence-electron chi connectivity index (χ4n) is 2.92. The number of nitrogens with one attached hydrogen (secondary N) is 1. The molecule has 29 heavy (non-hydrogen) atoms. The van der Waals surface area contributed by atoms with Crippen LogP contribution in [0.5, 0.6) is 0 Å². The van der Waals surface area contributed by atoms with Crippen molar-refractivity contribution in [2.24, 2.45) is 4.99 Å². The highest BCUT2D eigenvalue weighted by atomic mass is 35.5. The summed E-state index contributed by atoms with van der Waals surface area (Å²) in [4.78, 5) is 16.0. The maximum Gasteiger partial charge on any atom is 0.417 e. The lowest BCUT2D eigenvalue weighted by Gasteiger charge is -2.09. The van der Waals surface area contributed by atoms with Crippen LogP contribution in [0.4, 0.5) is 13.2 Å². The predicted octanol–water partition coefficient (Wildman–Crippen LogP) is 4.94. The zero-order valence-corrected chi connectivity index (χ0v) is 16.2. The number of halogens is 4. The maximum atomic E-state index is 12.8. The summed E-state index contributed by atoms with van der Waals surface area (Å²) in [6.45, 7) is 1.14. The van der Waals surface area contributed by atoms with Gasteiger partial charge in [-0.3, -0.25) is 9.79 Å². The van der Waals surface area contributed by atoms with Crippen LogP contribution >= 0.6 is 11.6 Å². The van der Waals surface area contributed by atoms with Gasteiger partial charge in [-0.25, -0.2) is 0 Å². The molecule has 0 aliphatic carbocycles. The lowest BCUT2D eigenvalue weighted by atomic mass is 10.1. The average molecular weight is 422 g/mol. The Morgan fingerprint density at radius 3 is 2.76 bits per heavy atom. The molecule has 8 heteroatoms. The number of aryl methyl sites for hydroxylation is 1. The van der Waals surface area contributed by atoms with Gasteiger partial charge in [0.1, 0.15) is 0 Å². The molecule has 2 aromatic carbocycles. The molecule has 0 aliphatic heterocycles. The molecule has 0 unspecified atom stereocenters. The van der Waals surface area contributed by atoms with E-state index in [4.69, 9.17) is 11.6 Å². The molecule has 0 bridgehead atoms. The fraction of sp³-hybridized carbons (Fsp3) is 0.238. The number of amides is 1. The molecule has 0 fully saturated rings. The molecular formula is C21H19ClF3N3O. The Hall–Kier alpha value is -2.80. The summed E-state index contributed by atoms with van der Waals surface area (Å²) in [5.74, 6) is -0.108. The first kappa shape index (κ1) is 20.9. The average Bonchev–Trinajstić information content (AvgIpc) is 3.09. The largest absolute Gasteiger partial charge is 0.417 e. The minimum absolute atomic E-state index is 0.108. The Balaban J connectivity index is 1.44. The Morgan fingerprint density at radius 1 is 1.17 bits per heavy atom. The van der Waals surface area contributed by atoms with Crippen LogP contribution in [-0.2, 0) is 17.5 Å². The van der Waals surface area contributed by atoms with Crippen molar-refractivity contribution in [3.8, 4) is 0 Å². The summed E-state index contributed by atoms with van der Waals surface area (Å²) in [5, 5.41) is 3.53. The lowest BCUT2D eigenvalue weighted by Crippen LogP contribution is -2.26. The van der Waals surface area contributed by atoms with Gasteiger partial charge in [-0.05, 0) is 35.2 Å². The number of rotatable bonds is 7. The highest BCUT2D eigenvalue weighted by molar-refractivity contribution is 6.31. The Morgan fingerprint density at radius 2 is 1.97 bits per heavy atom. The van der Waals surface area contributed by atoms with Gasteiger partial charge < -0.3 is 9.88 Å². The minimum Gasteiger partial charge on any atom is -0.354 e. The van der Waals surface area contributed by atoms with Crippen LogP contribution in [0.25, 0.3) is 10.9 Å². The molecule has 1 amide bonds. The Bertz CT molecular complexity index is 1030. The quantitative estimate of drug-likeness (QED) is 0.426. The molecule has 0 spiro atoms. The third-order valence-electron chi connectivity index (χ3n) is 4.36. The summed E-state index contributed by atoms with van der Waals surface area (Å²) in [6, 6.07) is 13.5. The second-order valence-corrected chi connectivity index (χ2v) is 6.85. The van der Waals surface area contributed by atoms with E-state index in [1.165, 1.54) is 18.3 Å². The van der Waals surface area contributed by atoms with Crippen molar-refractivity contribution < 1.29 is 18.0 Å². The van der Waals surface area contributed by atoms with Crippen LogP contribution in [0.1, 0.15) is 17.5 Å². The van der Waals surface area contributed by atoms with Gasteiger partial charge in [0.05, 0.1) is 17.1 Å². The van der Waals surface area contributed by atoms with Crippen molar-refractivity contribution in [3.63, 3.8) is 0 Å².